The summed E-state index contributed by atoms with van der Waals surface area (Å²) in [6, 6.07) is 17.6. The average Bonchev–Trinajstić information content (AvgIpc) is 2.61. The molecule has 0 bridgehead atoms. The van der Waals surface area contributed by atoms with E-state index in [0.29, 0.717) is 22.6 Å². The van der Waals surface area contributed by atoms with Crippen molar-refractivity contribution in [3.63, 3.8) is 0 Å². The molecule has 4 heteroatoms. The number of benzene rings is 3. The summed E-state index contributed by atoms with van der Waals surface area (Å²) in [7, 11) is 1.56. The number of methoxy groups -OCH3 is 1. The number of hydrogen-bond donors (Lipinski definition) is 0. The molecule has 0 aliphatic carbocycles. The third-order valence-electron chi connectivity index (χ3n) is 3.78. The van der Waals surface area contributed by atoms with Crippen LogP contribution in [0.25, 0.3) is 10.8 Å². The van der Waals surface area contributed by atoms with E-state index in [2.05, 4.69) is 0 Å². The second kappa shape index (κ2) is 6.54. The van der Waals surface area contributed by atoms with Crippen molar-refractivity contribution in [3.05, 3.63) is 71.8 Å². The van der Waals surface area contributed by atoms with E-state index in [-0.39, 0.29) is 5.78 Å². The van der Waals surface area contributed by atoms with Crippen molar-refractivity contribution in [3.8, 4) is 11.5 Å². The first kappa shape index (κ1) is 15.7. The van der Waals surface area contributed by atoms with Crippen LogP contribution in [0, 0.1) is 0 Å². The van der Waals surface area contributed by atoms with Gasteiger partial charge in [-0.25, -0.2) is 4.79 Å². The van der Waals surface area contributed by atoms with Crippen LogP contribution >= 0.6 is 0 Å². The number of fused-ring (bicyclic) bond motifs is 1. The fraction of sp³-hybridized carbons (Fsp3) is 0.100. The van der Waals surface area contributed by atoms with Crippen molar-refractivity contribution in [1.82, 2.24) is 0 Å². The molecule has 0 saturated carbocycles. The number of Topliss-reactive ketones (excluding diaryl/α,β-unsaturated/α-hetero) is 1. The van der Waals surface area contributed by atoms with Crippen molar-refractivity contribution in [2.24, 2.45) is 0 Å². The van der Waals surface area contributed by atoms with Crippen LogP contribution in [0.1, 0.15) is 27.6 Å². The van der Waals surface area contributed by atoms with E-state index in [4.69, 9.17) is 9.47 Å². The summed E-state index contributed by atoms with van der Waals surface area (Å²) >= 11 is 0. The van der Waals surface area contributed by atoms with E-state index in [9.17, 15) is 9.59 Å². The molecule has 0 aromatic heterocycles. The van der Waals surface area contributed by atoms with Crippen LogP contribution in [-0.4, -0.2) is 18.9 Å². The van der Waals surface area contributed by atoms with Gasteiger partial charge in [-0.15, -0.1) is 0 Å². The zero-order valence-electron chi connectivity index (χ0n) is 13.4. The summed E-state index contributed by atoms with van der Waals surface area (Å²) in [6.45, 7) is 1.45. The lowest BCUT2D eigenvalue weighted by molar-refractivity contribution is 0.0735. The van der Waals surface area contributed by atoms with Crippen molar-refractivity contribution in [1.29, 1.82) is 0 Å². The maximum absolute atomic E-state index is 12.5. The molecule has 0 N–H and O–H groups in total. The number of carbonyl (C=O) groups excluding carboxylic acids is 2. The topological polar surface area (TPSA) is 52.6 Å². The first-order valence-electron chi connectivity index (χ1n) is 7.49. The van der Waals surface area contributed by atoms with Gasteiger partial charge in [0.15, 0.2) is 5.78 Å². The summed E-state index contributed by atoms with van der Waals surface area (Å²) in [5, 5.41) is 1.63. The Kier molecular flexibility index (Phi) is 4.29. The normalized spacial score (nSPS) is 10.4. The summed E-state index contributed by atoms with van der Waals surface area (Å²) in [5.74, 6) is 0.275. The first-order valence-corrected chi connectivity index (χ1v) is 7.49. The zero-order chi connectivity index (χ0) is 17.1. The number of carbonyl (C=O) groups is 2. The van der Waals surface area contributed by atoms with E-state index in [1.54, 1.807) is 37.4 Å². The lowest BCUT2D eigenvalue weighted by Gasteiger charge is -2.12. The van der Waals surface area contributed by atoms with Crippen LogP contribution < -0.4 is 9.47 Å². The van der Waals surface area contributed by atoms with E-state index in [1.807, 2.05) is 30.3 Å². The van der Waals surface area contributed by atoms with E-state index >= 15 is 0 Å². The van der Waals surface area contributed by atoms with Crippen LogP contribution in [0.2, 0.25) is 0 Å². The van der Waals surface area contributed by atoms with Crippen LogP contribution in [0.3, 0.4) is 0 Å². The summed E-state index contributed by atoms with van der Waals surface area (Å²) in [4.78, 5) is 24.4. The van der Waals surface area contributed by atoms with Crippen molar-refractivity contribution in [2.75, 3.05) is 7.11 Å². The Hall–Kier alpha value is -3.14. The molecule has 3 rings (SSSR count). The van der Waals surface area contributed by atoms with Crippen LogP contribution in [0.15, 0.2) is 60.7 Å². The Bertz CT molecular complexity index is 911. The molecule has 0 aliphatic heterocycles. The molecule has 0 radical (unpaired) electrons. The molecular weight excluding hydrogens is 304 g/mol. The van der Waals surface area contributed by atoms with E-state index < -0.39 is 5.97 Å². The fourth-order valence-electron chi connectivity index (χ4n) is 2.51. The Labute approximate surface area is 139 Å². The maximum Gasteiger partial charge on any atom is 0.343 e. The molecule has 0 spiro atoms. The van der Waals surface area contributed by atoms with Gasteiger partial charge < -0.3 is 9.47 Å². The minimum atomic E-state index is -0.517. The Balaban J connectivity index is 2.02. The van der Waals surface area contributed by atoms with Gasteiger partial charge in [0, 0.05) is 5.39 Å². The maximum atomic E-state index is 12.5. The molecule has 0 unspecified atom stereocenters. The molecule has 3 aromatic rings. The number of ketones is 1. The summed E-state index contributed by atoms with van der Waals surface area (Å²) in [5.41, 5.74) is 0.772. The monoisotopic (exact) mass is 320 g/mol. The highest BCUT2D eigenvalue weighted by atomic mass is 16.5. The Morgan fingerprint density at radius 2 is 1.58 bits per heavy atom. The number of rotatable bonds is 4. The van der Waals surface area contributed by atoms with Gasteiger partial charge in [-0.3, -0.25) is 4.79 Å². The largest absolute Gasteiger partial charge is 0.497 e. The highest BCUT2D eigenvalue weighted by Gasteiger charge is 2.17. The van der Waals surface area contributed by atoms with Gasteiger partial charge in [0.2, 0.25) is 0 Å². The van der Waals surface area contributed by atoms with Gasteiger partial charge >= 0.3 is 5.97 Å². The molecule has 0 fully saturated rings. The van der Waals surface area contributed by atoms with Gasteiger partial charge in [0.25, 0.3) is 0 Å². The smallest absolute Gasteiger partial charge is 0.343 e. The lowest BCUT2D eigenvalue weighted by Crippen LogP contribution is -2.11. The zero-order valence-corrected chi connectivity index (χ0v) is 13.4. The molecule has 0 aliphatic rings. The van der Waals surface area contributed by atoms with Crippen molar-refractivity contribution >= 4 is 22.5 Å². The minimum absolute atomic E-state index is 0.154. The van der Waals surface area contributed by atoms with Crippen LogP contribution in [0.4, 0.5) is 0 Å². The summed E-state index contributed by atoms with van der Waals surface area (Å²) < 4.78 is 10.7. The number of hydrogen-bond acceptors (Lipinski definition) is 4. The minimum Gasteiger partial charge on any atom is -0.497 e. The second-order valence-electron chi connectivity index (χ2n) is 5.34. The van der Waals surface area contributed by atoms with Crippen molar-refractivity contribution < 1.29 is 19.1 Å². The Morgan fingerprint density at radius 3 is 2.25 bits per heavy atom. The van der Waals surface area contributed by atoms with Gasteiger partial charge in [0.05, 0.1) is 18.2 Å². The second-order valence-corrected chi connectivity index (χ2v) is 5.34. The first-order chi connectivity index (χ1) is 11.6. The molecule has 0 atom stereocenters. The lowest BCUT2D eigenvalue weighted by atomic mass is 10.0. The predicted molar refractivity (Wildman–Crippen MR) is 91.9 cm³/mol. The molecule has 120 valence electrons. The average molecular weight is 320 g/mol. The molecule has 0 heterocycles. The van der Waals surface area contributed by atoms with Gasteiger partial charge in [-0.1, -0.05) is 30.3 Å². The molecule has 4 nitrogen and oxygen atoms in total. The molecular formula is C20H16O4. The van der Waals surface area contributed by atoms with Crippen LogP contribution in [0.5, 0.6) is 11.5 Å². The molecule has 0 saturated heterocycles. The molecule has 0 amide bonds. The molecule has 3 aromatic carbocycles. The van der Waals surface area contributed by atoms with Crippen molar-refractivity contribution in [2.45, 2.75) is 6.92 Å². The van der Waals surface area contributed by atoms with E-state index in [0.717, 1.165) is 10.8 Å². The van der Waals surface area contributed by atoms with E-state index in [1.165, 1.54) is 6.92 Å². The highest BCUT2D eigenvalue weighted by molar-refractivity contribution is 6.05. The fourth-order valence-corrected chi connectivity index (χ4v) is 2.51. The third kappa shape index (κ3) is 2.99. The Morgan fingerprint density at radius 1 is 0.875 bits per heavy atom. The number of esters is 1. The SMILES string of the molecule is COc1ccc(C(=O)Oc2c(C(C)=O)ccc3ccccc23)cc1. The van der Waals surface area contributed by atoms with Gasteiger partial charge in [0.1, 0.15) is 11.5 Å². The number of ether oxygens (including phenoxy) is 2. The van der Waals surface area contributed by atoms with Gasteiger partial charge in [-0.2, -0.15) is 0 Å². The summed E-state index contributed by atoms with van der Waals surface area (Å²) in [6.07, 6.45) is 0. The molecule has 24 heavy (non-hydrogen) atoms. The highest BCUT2D eigenvalue weighted by Crippen LogP contribution is 2.31. The standard InChI is InChI=1S/C20H16O4/c1-13(21)17-12-9-14-5-3-4-6-18(14)19(17)24-20(22)15-7-10-16(23-2)11-8-15/h3-12H,1-2H3. The van der Waals surface area contributed by atoms with Gasteiger partial charge in [-0.05, 0) is 42.6 Å². The third-order valence-corrected chi connectivity index (χ3v) is 3.78. The quantitative estimate of drug-likeness (QED) is 0.409. The van der Waals surface area contributed by atoms with Crippen LogP contribution in [-0.2, 0) is 0 Å². The predicted octanol–water partition coefficient (Wildman–Crippen LogP) is 4.27.